The number of imidazole rings is 1. The number of sulfone groups is 1. The Morgan fingerprint density at radius 1 is 1.12 bits per heavy atom. The monoisotopic (exact) mass is 498 g/mol. The molecule has 0 fully saturated rings. The van der Waals surface area contributed by atoms with Gasteiger partial charge in [0.25, 0.3) is 0 Å². The van der Waals surface area contributed by atoms with Crippen molar-refractivity contribution in [3.8, 4) is 28.7 Å². The molecule has 5 rings (SSSR count). The molecule has 4 heterocycles. The minimum atomic E-state index is -3.93. The topological polar surface area (TPSA) is 127 Å². The largest absolute Gasteiger partial charge is 0.480 e. The second kappa shape index (κ2) is 8.50. The van der Waals surface area contributed by atoms with E-state index in [4.69, 9.17) is 16.3 Å². The van der Waals surface area contributed by atoms with E-state index in [1.165, 1.54) is 31.5 Å². The van der Waals surface area contributed by atoms with E-state index in [-0.39, 0.29) is 27.2 Å². The molecule has 0 unspecified atom stereocenters. The van der Waals surface area contributed by atoms with E-state index in [1.54, 1.807) is 30.6 Å². The average Bonchev–Trinajstić information content (AvgIpc) is 3.49. The number of H-pyrrole nitrogens is 2. The molecule has 0 aliphatic rings. The number of halogens is 2. The first-order chi connectivity index (χ1) is 16.4. The smallest absolute Gasteiger partial charge is 0.232 e. The normalized spacial score (nSPS) is 11.7. The van der Waals surface area contributed by atoms with Crippen molar-refractivity contribution < 1.29 is 17.5 Å². The maximum Gasteiger partial charge on any atom is 0.232 e. The lowest BCUT2D eigenvalue weighted by atomic mass is 10.1. The van der Waals surface area contributed by atoms with Crippen LogP contribution in [0.5, 0.6) is 5.88 Å². The number of fused-ring (bicyclic) bond motifs is 1. The Balaban J connectivity index is 1.51. The van der Waals surface area contributed by atoms with E-state index in [1.807, 2.05) is 0 Å². The third-order valence-corrected chi connectivity index (χ3v) is 6.96. The van der Waals surface area contributed by atoms with Gasteiger partial charge in [-0.15, -0.1) is 0 Å². The summed E-state index contributed by atoms with van der Waals surface area (Å²) in [7, 11) is -2.62. The molecule has 172 valence electrons. The van der Waals surface area contributed by atoms with E-state index in [9.17, 15) is 12.8 Å². The third-order valence-electron chi connectivity index (χ3n) is 5.11. The van der Waals surface area contributed by atoms with Crippen LogP contribution < -0.4 is 4.74 Å². The van der Waals surface area contributed by atoms with Gasteiger partial charge in [-0.2, -0.15) is 5.10 Å². The van der Waals surface area contributed by atoms with E-state index < -0.39 is 21.4 Å². The Labute approximate surface area is 197 Å². The first-order valence-electron chi connectivity index (χ1n) is 9.91. The Bertz CT molecular complexity index is 1620. The van der Waals surface area contributed by atoms with E-state index in [0.29, 0.717) is 22.6 Å². The molecule has 0 aliphatic heterocycles. The lowest BCUT2D eigenvalue weighted by molar-refractivity contribution is 0.385. The van der Waals surface area contributed by atoms with Gasteiger partial charge in [0, 0.05) is 29.5 Å². The number of hydrogen-bond donors (Lipinski definition) is 2. The van der Waals surface area contributed by atoms with Crippen molar-refractivity contribution in [3.63, 3.8) is 0 Å². The molecule has 5 aromatic rings. The van der Waals surface area contributed by atoms with Gasteiger partial charge in [-0.05, 0) is 30.3 Å². The molecule has 0 saturated heterocycles. The van der Waals surface area contributed by atoms with Crippen LogP contribution in [0.1, 0.15) is 5.69 Å². The van der Waals surface area contributed by atoms with Crippen molar-refractivity contribution in [1.29, 1.82) is 0 Å². The molecule has 12 heteroatoms. The molecular weight excluding hydrogens is 483 g/mol. The van der Waals surface area contributed by atoms with Gasteiger partial charge in [-0.1, -0.05) is 17.7 Å². The van der Waals surface area contributed by atoms with Crippen LogP contribution in [0.2, 0.25) is 5.02 Å². The summed E-state index contributed by atoms with van der Waals surface area (Å²) in [5.74, 6) is -0.563. The molecule has 0 saturated carbocycles. The number of benzene rings is 1. The Hall–Kier alpha value is -3.83. The zero-order valence-electron chi connectivity index (χ0n) is 17.6. The Morgan fingerprint density at radius 2 is 1.97 bits per heavy atom. The minimum absolute atomic E-state index is 0.0138. The molecule has 0 atom stereocenters. The maximum atomic E-state index is 14.7. The predicted octanol–water partition coefficient (Wildman–Crippen LogP) is 4.19. The molecule has 0 bridgehead atoms. The maximum absolute atomic E-state index is 14.7. The van der Waals surface area contributed by atoms with E-state index >= 15 is 0 Å². The van der Waals surface area contributed by atoms with Gasteiger partial charge in [0.05, 0.1) is 29.1 Å². The molecule has 0 amide bonds. The first kappa shape index (κ1) is 22.0. The number of aromatic nitrogens is 6. The zero-order chi connectivity index (χ0) is 23.9. The lowest BCUT2D eigenvalue weighted by Gasteiger charge is -2.10. The first-order valence-corrected chi connectivity index (χ1v) is 11.9. The van der Waals surface area contributed by atoms with Crippen LogP contribution >= 0.6 is 11.6 Å². The van der Waals surface area contributed by atoms with Crippen LogP contribution in [0.4, 0.5) is 4.39 Å². The van der Waals surface area contributed by atoms with Crippen molar-refractivity contribution in [1.82, 2.24) is 30.1 Å². The molecular formula is C22H16ClFN6O3S. The van der Waals surface area contributed by atoms with Crippen LogP contribution in [0, 0.1) is 5.82 Å². The van der Waals surface area contributed by atoms with E-state index in [2.05, 4.69) is 30.1 Å². The molecule has 2 N–H and O–H groups in total. The van der Waals surface area contributed by atoms with Crippen molar-refractivity contribution in [2.45, 2.75) is 10.6 Å². The van der Waals surface area contributed by atoms with Gasteiger partial charge < -0.3 is 9.72 Å². The summed E-state index contributed by atoms with van der Waals surface area (Å²) in [5, 5.41) is 8.12. The molecule has 1 aromatic carbocycles. The summed E-state index contributed by atoms with van der Waals surface area (Å²) >= 11 is 5.93. The molecule has 9 nitrogen and oxygen atoms in total. The Morgan fingerprint density at radius 3 is 2.74 bits per heavy atom. The summed E-state index contributed by atoms with van der Waals surface area (Å²) in [5.41, 5.74) is 1.90. The quantitative estimate of drug-likeness (QED) is 0.359. The molecule has 0 radical (unpaired) electrons. The summed E-state index contributed by atoms with van der Waals surface area (Å²) in [4.78, 5) is 15.2. The number of nitrogens with one attached hydrogen (secondary N) is 2. The van der Waals surface area contributed by atoms with Crippen LogP contribution in [0.3, 0.4) is 0 Å². The zero-order valence-corrected chi connectivity index (χ0v) is 19.2. The molecule has 4 aromatic heterocycles. The van der Waals surface area contributed by atoms with Gasteiger partial charge in [0.1, 0.15) is 22.1 Å². The summed E-state index contributed by atoms with van der Waals surface area (Å²) < 4.78 is 45.8. The SMILES string of the molecule is COc1ncc(Cl)cc1S(=O)(=O)Cc1ccc(F)c(-c2ccc3c(-c4ncc[nH]4)n[nH]c3c2)n1. The number of nitrogens with zero attached hydrogens (tertiary/aromatic N) is 4. The van der Waals surface area contributed by atoms with Crippen molar-refractivity contribution in [3.05, 3.63) is 71.5 Å². The standard InChI is InChI=1S/C22H16ClFN6O3S/c1-33-22-18(9-13(23)10-27-22)34(31,32)11-14-3-5-16(24)19(28-14)12-2-4-15-17(8-12)29-30-20(15)21-25-6-7-26-21/h2-10H,11H2,1H3,(H,25,26)(H,29,30). The van der Waals surface area contributed by atoms with Crippen molar-refractivity contribution >= 4 is 32.3 Å². The lowest BCUT2D eigenvalue weighted by Crippen LogP contribution is -2.09. The number of hydrogen-bond acceptors (Lipinski definition) is 7. The van der Waals surface area contributed by atoms with Gasteiger partial charge >= 0.3 is 0 Å². The fourth-order valence-electron chi connectivity index (χ4n) is 3.56. The fourth-order valence-corrected chi connectivity index (χ4v) is 5.20. The van der Waals surface area contributed by atoms with Gasteiger partial charge in [0.2, 0.25) is 5.88 Å². The summed E-state index contributed by atoms with van der Waals surface area (Å²) in [6.45, 7) is 0. The third kappa shape index (κ3) is 3.99. The Kier molecular flexibility index (Phi) is 5.50. The average molecular weight is 499 g/mol. The highest BCUT2D eigenvalue weighted by molar-refractivity contribution is 7.90. The van der Waals surface area contributed by atoms with Crippen LogP contribution in [0.25, 0.3) is 33.7 Å². The minimum Gasteiger partial charge on any atom is -0.480 e. The molecule has 0 spiro atoms. The fraction of sp³-hybridized carbons (Fsp3) is 0.0909. The number of pyridine rings is 2. The molecule has 34 heavy (non-hydrogen) atoms. The van der Waals surface area contributed by atoms with E-state index in [0.717, 1.165) is 5.39 Å². The number of ether oxygens (including phenoxy) is 1. The van der Waals surface area contributed by atoms with Crippen LogP contribution in [-0.2, 0) is 15.6 Å². The van der Waals surface area contributed by atoms with Gasteiger partial charge in [-0.3, -0.25) is 5.10 Å². The number of rotatable bonds is 6. The second-order valence-corrected chi connectivity index (χ2v) is 9.72. The van der Waals surface area contributed by atoms with Crippen LogP contribution in [0.15, 0.2) is 59.9 Å². The summed E-state index contributed by atoms with van der Waals surface area (Å²) in [6.07, 6.45) is 4.60. The number of methoxy groups -OCH3 is 1. The van der Waals surface area contributed by atoms with Gasteiger partial charge in [0.15, 0.2) is 15.7 Å². The summed E-state index contributed by atoms with van der Waals surface area (Å²) in [6, 6.07) is 8.94. The predicted molar refractivity (Wildman–Crippen MR) is 124 cm³/mol. The highest BCUT2D eigenvalue weighted by Gasteiger charge is 2.24. The molecule has 0 aliphatic carbocycles. The van der Waals surface area contributed by atoms with Crippen molar-refractivity contribution in [2.24, 2.45) is 0 Å². The van der Waals surface area contributed by atoms with Crippen LogP contribution in [-0.4, -0.2) is 45.7 Å². The van der Waals surface area contributed by atoms with Gasteiger partial charge in [-0.25, -0.2) is 27.8 Å². The highest BCUT2D eigenvalue weighted by Crippen LogP contribution is 2.31. The highest BCUT2D eigenvalue weighted by atomic mass is 35.5. The number of aromatic amines is 2. The second-order valence-electron chi connectivity index (χ2n) is 7.32. The van der Waals surface area contributed by atoms with Crippen molar-refractivity contribution in [2.75, 3.05) is 7.11 Å².